The lowest BCUT2D eigenvalue weighted by Gasteiger charge is -2.23. The standard InChI is InChI=1S/C18H17BrN4O2/c1-2-16(24)22-14-6-3-5-12(9-14)18(25)23-8-4-7-15(23)17-20-10-13(19)11-21-17/h2-3,5-6,9-11,15H,1,4,7-8H2,(H,22,24). The Morgan fingerprint density at radius 2 is 2.08 bits per heavy atom. The van der Waals surface area contributed by atoms with E-state index < -0.39 is 0 Å². The Morgan fingerprint density at radius 1 is 1.32 bits per heavy atom. The first-order valence-electron chi connectivity index (χ1n) is 7.90. The van der Waals surface area contributed by atoms with Gasteiger partial charge in [0.25, 0.3) is 5.91 Å². The van der Waals surface area contributed by atoms with Crippen LogP contribution in [-0.2, 0) is 4.79 Å². The Labute approximate surface area is 154 Å². The van der Waals surface area contributed by atoms with Crippen LogP contribution in [0.15, 0.2) is 53.8 Å². The first-order valence-corrected chi connectivity index (χ1v) is 8.69. The molecule has 1 atom stereocenters. The first-order chi connectivity index (χ1) is 12.1. The number of carbonyl (C=O) groups is 2. The minimum Gasteiger partial charge on any atom is -0.328 e. The van der Waals surface area contributed by atoms with Gasteiger partial charge in [0, 0.05) is 30.2 Å². The molecular weight excluding hydrogens is 384 g/mol. The SMILES string of the molecule is C=CC(=O)Nc1cccc(C(=O)N2CCCC2c2ncc(Br)cn2)c1. The van der Waals surface area contributed by atoms with E-state index in [0.717, 1.165) is 17.3 Å². The van der Waals surface area contributed by atoms with Gasteiger partial charge in [-0.25, -0.2) is 9.97 Å². The smallest absolute Gasteiger partial charge is 0.254 e. The molecule has 2 heterocycles. The quantitative estimate of drug-likeness (QED) is 0.798. The Morgan fingerprint density at radius 3 is 2.80 bits per heavy atom. The number of hydrogen-bond donors (Lipinski definition) is 1. The molecule has 1 saturated heterocycles. The van der Waals surface area contributed by atoms with Gasteiger partial charge in [-0.1, -0.05) is 12.6 Å². The summed E-state index contributed by atoms with van der Waals surface area (Å²) in [6.45, 7) is 4.08. The second-order valence-electron chi connectivity index (χ2n) is 5.69. The van der Waals surface area contributed by atoms with Gasteiger partial charge in [0.15, 0.2) is 5.82 Å². The number of amides is 2. The molecule has 2 amide bonds. The van der Waals surface area contributed by atoms with Crippen LogP contribution in [-0.4, -0.2) is 33.2 Å². The van der Waals surface area contributed by atoms with Gasteiger partial charge < -0.3 is 10.2 Å². The molecule has 6 nitrogen and oxygen atoms in total. The van der Waals surface area contributed by atoms with Crippen LogP contribution in [0, 0.1) is 0 Å². The minimum absolute atomic E-state index is 0.0938. The molecule has 1 aromatic carbocycles. The molecule has 25 heavy (non-hydrogen) atoms. The monoisotopic (exact) mass is 400 g/mol. The summed E-state index contributed by atoms with van der Waals surface area (Å²) in [5.74, 6) is 0.237. The molecule has 2 aromatic rings. The van der Waals surface area contributed by atoms with E-state index >= 15 is 0 Å². The van der Waals surface area contributed by atoms with Crippen molar-refractivity contribution in [2.24, 2.45) is 0 Å². The van der Waals surface area contributed by atoms with Crippen molar-refractivity contribution < 1.29 is 9.59 Å². The molecule has 0 radical (unpaired) electrons. The molecule has 1 N–H and O–H groups in total. The van der Waals surface area contributed by atoms with Gasteiger partial charge in [-0.05, 0) is 53.0 Å². The lowest BCUT2D eigenvalue weighted by molar-refractivity contribution is -0.111. The van der Waals surface area contributed by atoms with Crippen LogP contribution in [0.4, 0.5) is 5.69 Å². The number of halogens is 1. The molecule has 0 spiro atoms. The third kappa shape index (κ3) is 3.93. The highest BCUT2D eigenvalue weighted by atomic mass is 79.9. The highest BCUT2D eigenvalue weighted by molar-refractivity contribution is 9.10. The van der Waals surface area contributed by atoms with Crippen LogP contribution in [0.1, 0.15) is 35.1 Å². The summed E-state index contributed by atoms with van der Waals surface area (Å²) in [5, 5.41) is 2.67. The lowest BCUT2D eigenvalue weighted by Crippen LogP contribution is -2.31. The predicted octanol–water partition coefficient (Wildman–Crippen LogP) is 3.34. The fourth-order valence-electron chi connectivity index (χ4n) is 2.86. The zero-order valence-electron chi connectivity index (χ0n) is 13.5. The van der Waals surface area contributed by atoms with Gasteiger partial charge in [0.1, 0.15) is 0 Å². The van der Waals surface area contributed by atoms with Gasteiger partial charge >= 0.3 is 0 Å². The Kier molecular flexibility index (Phi) is 5.23. The highest BCUT2D eigenvalue weighted by Crippen LogP contribution is 2.31. The molecule has 1 aliphatic rings. The lowest BCUT2D eigenvalue weighted by atomic mass is 10.1. The summed E-state index contributed by atoms with van der Waals surface area (Å²) < 4.78 is 0.804. The van der Waals surface area contributed by atoms with Crippen molar-refractivity contribution >= 4 is 33.4 Å². The van der Waals surface area contributed by atoms with E-state index in [-0.39, 0.29) is 17.9 Å². The number of nitrogens with one attached hydrogen (secondary N) is 1. The van der Waals surface area contributed by atoms with Gasteiger partial charge in [0.05, 0.1) is 10.5 Å². The maximum Gasteiger partial charge on any atom is 0.254 e. The number of anilines is 1. The van der Waals surface area contributed by atoms with E-state index in [0.29, 0.717) is 23.6 Å². The van der Waals surface area contributed by atoms with Crippen molar-refractivity contribution in [3.05, 3.63) is 65.2 Å². The normalized spacial score (nSPS) is 16.5. The van der Waals surface area contributed by atoms with Crippen molar-refractivity contribution in [2.45, 2.75) is 18.9 Å². The van der Waals surface area contributed by atoms with Crippen LogP contribution in [0.5, 0.6) is 0 Å². The fourth-order valence-corrected chi connectivity index (χ4v) is 3.07. The molecule has 3 rings (SSSR count). The van der Waals surface area contributed by atoms with Crippen molar-refractivity contribution in [3.63, 3.8) is 0 Å². The van der Waals surface area contributed by atoms with Crippen LogP contribution in [0.25, 0.3) is 0 Å². The zero-order valence-corrected chi connectivity index (χ0v) is 15.1. The fraction of sp³-hybridized carbons (Fsp3) is 0.222. The Balaban J connectivity index is 1.82. The third-order valence-electron chi connectivity index (χ3n) is 4.01. The number of nitrogens with zero attached hydrogens (tertiary/aromatic N) is 3. The maximum absolute atomic E-state index is 12.9. The zero-order chi connectivity index (χ0) is 17.8. The molecule has 1 fully saturated rings. The third-order valence-corrected chi connectivity index (χ3v) is 4.42. The minimum atomic E-state index is -0.313. The van der Waals surface area contributed by atoms with E-state index in [1.807, 2.05) is 0 Å². The summed E-state index contributed by atoms with van der Waals surface area (Å²) >= 11 is 3.32. The molecule has 1 aromatic heterocycles. The van der Waals surface area contributed by atoms with Crippen molar-refractivity contribution in [2.75, 3.05) is 11.9 Å². The highest BCUT2D eigenvalue weighted by Gasteiger charge is 2.32. The molecule has 1 aliphatic heterocycles. The number of aromatic nitrogens is 2. The summed E-state index contributed by atoms with van der Waals surface area (Å²) in [7, 11) is 0. The number of likely N-dealkylation sites (tertiary alicyclic amines) is 1. The van der Waals surface area contributed by atoms with Gasteiger partial charge in [-0.15, -0.1) is 0 Å². The Hall–Kier alpha value is -2.54. The van der Waals surface area contributed by atoms with E-state index in [9.17, 15) is 9.59 Å². The number of rotatable bonds is 4. The number of hydrogen-bond acceptors (Lipinski definition) is 4. The maximum atomic E-state index is 12.9. The summed E-state index contributed by atoms with van der Waals surface area (Å²) in [4.78, 5) is 34.8. The second-order valence-corrected chi connectivity index (χ2v) is 6.61. The average molecular weight is 401 g/mol. The molecule has 1 unspecified atom stereocenters. The number of carbonyl (C=O) groups excluding carboxylic acids is 2. The van der Waals surface area contributed by atoms with Crippen LogP contribution in [0.3, 0.4) is 0 Å². The summed E-state index contributed by atoms with van der Waals surface area (Å²) in [6.07, 6.45) is 6.31. The predicted molar refractivity (Wildman–Crippen MR) is 98.0 cm³/mol. The average Bonchev–Trinajstić information content (AvgIpc) is 3.11. The van der Waals surface area contributed by atoms with Crippen molar-refractivity contribution in [1.29, 1.82) is 0 Å². The molecule has 128 valence electrons. The van der Waals surface area contributed by atoms with E-state index in [1.54, 1.807) is 41.6 Å². The Bertz CT molecular complexity index is 807. The first kappa shape index (κ1) is 17.3. The largest absolute Gasteiger partial charge is 0.328 e. The molecule has 0 saturated carbocycles. The van der Waals surface area contributed by atoms with E-state index in [1.165, 1.54) is 6.08 Å². The second kappa shape index (κ2) is 7.57. The van der Waals surface area contributed by atoms with Crippen LogP contribution >= 0.6 is 15.9 Å². The molecule has 0 aliphatic carbocycles. The number of benzene rings is 1. The van der Waals surface area contributed by atoms with Gasteiger partial charge in [-0.3, -0.25) is 9.59 Å². The summed E-state index contributed by atoms with van der Waals surface area (Å²) in [5.41, 5.74) is 1.08. The van der Waals surface area contributed by atoms with Crippen molar-refractivity contribution in [1.82, 2.24) is 14.9 Å². The molecular formula is C18H17BrN4O2. The van der Waals surface area contributed by atoms with Gasteiger partial charge in [-0.2, -0.15) is 0 Å². The van der Waals surface area contributed by atoms with E-state index in [4.69, 9.17) is 0 Å². The van der Waals surface area contributed by atoms with Crippen LogP contribution in [0.2, 0.25) is 0 Å². The van der Waals surface area contributed by atoms with E-state index in [2.05, 4.69) is 37.8 Å². The van der Waals surface area contributed by atoms with Crippen LogP contribution < -0.4 is 5.32 Å². The van der Waals surface area contributed by atoms with Gasteiger partial charge in [0.2, 0.25) is 5.91 Å². The molecule has 0 bridgehead atoms. The van der Waals surface area contributed by atoms with Crippen molar-refractivity contribution in [3.8, 4) is 0 Å². The topological polar surface area (TPSA) is 75.2 Å². The molecule has 7 heteroatoms. The summed E-state index contributed by atoms with van der Waals surface area (Å²) in [6, 6.07) is 6.75.